The molecule has 2 rings (SSSR count). The van der Waals surface area contributed by atoms with Crippen LogP contribution in [0.2, 0.25) is 0 Å². The first-order chi connectivity index (χ1) is 5.27. The molecule has 0 radical (unpaired) electrons. The minimum absolute atomic E-state index is 0.218. The van der Waals surface area contributed by atoms with E-state index in [-0.39, 0.29) is 11.5 Å². The smallest absolute Gasteiger partial charge is 0.147 e. The van der Waals surface area contributed by atoms with Crippen LogP contribution in [0.15, 0.2) is 23.6 Å². The summed E-state index contributed by atoms with van der Waals surface area (Å²) in [5.74, 6) is -0.333. The van der Waals surface area contributed by atoms with Gasteiger partial charge in [-0.3, -0.25) is 0 Å². The molecule has 0 aliphatic heterocycles. The lowest BCUT2D eigenvalue weighted by atomic mass is 10.2. The SMILES string of the molecule is Nc1cc2ccsc2cc1F. The van der Waals surface area contributed by atoms with Crippen molar-refractivity contribution in [2.45, 2.75) is 0 Å². The molecule has 0 unspecified atom stereocenters. The van der Waals surface area contributed by atoms with Gasteiger partial charge in [-0.25, -0.2) is 4.39 Å². The molecule has 1 aromatic carbocycles. The van der Waals surface area contributed by atoms with Crippen molar-refractivity contribution >= 4 is 27.1 Å². The molecule has 2 N–H and O–H groups in total. The fraction of sp³-hybridized carbons (Fsp3) is 0. The minimum Gasteiger partial charge on any atom is -0.396 e. The third-order valence-electron chi connectivity index (χ3n) is 1.57. The average molecular weight is 167 g/mol. The number of hydrogen-bond acceptors (Lipinski definition) is 2. The number of nitrogens with two attached hydrogens (primary N) is 1. The van der Waals surface area contributed by atoms with Crippen molar-refractivity contribution in [2.75, 3.05) is 5.73 Å². The summed E-state index contributed by atoms with van der Waals surface area (Å²) < 4.78 is 13.7. The topological polar surface area (TPSA) is 26.0 Å². The number of halogens is 1. The number of hydrogen-bond donors (Lipinski definition) is 1. The van der Waals surface area contributed by atoms with Crippen molar-refractivity contribution in [1.82, 2.24) is 0 Å². The second-order valence-corrected chi connectivity index (χ2v) is 3.28. The fourth-order valence-electron chi connectivity index (χ4n) is 1.00. The Morgan fingerprint density at radius 3 is 3.00 bits per heavy atom. The van der Waals surface area contributed by atoms with Gasteiger partial charge in [0.2, 0.25) is 0 Å². The van der Waals surface area contributed by atoms with Gasteiger partial charge in [0.1, 0.15) is 5.82 Å². The molecular weight excluding hydrogens is 161 g/mol. The Kier molecular flexibility index (Phi) is 1.32. The molecule has 1 heterocycles. The quantitative estimate of drug-likeness (QED) is 0.600. The summed E-state index contributed by atoms with van der Waals surface area (Å²) in [6.07, 6.45) is 0. The van der Waals surface area contributed by atoms with Gasteiger partial charge < -0.3 is 5.73 Å². The monoisotopic (exact) mass is 167 g/mol. The summed E-state index contributed by atoms with van der Waals surface area (Å²) in [4.78, 5) is 0. The Labute approximate surface area is 67.3 Å². The van der Waals surface area contributed by atoms with E-state index in [0.717, 1.165) is 10.1 Å². The Morgan fingerprint density at radius 2 is 2.18 bits per heavy atom. The molecule has 0 bridgehead atoms. The summed E-state index contributed by atoms with van der Waals surface area (Å²) in [6, 6.07) is 5.05. The second kappa shape index (κ2) is 2.20. The van der Waals surface area contributed by atoms with E-state index in [0.29, 0.717) is 0 Å². The Bertz CT molecular complexity index is 358. The highest BCUT2D eigenvalue weighted by atomic mass is 32.1. The predicted molar refractivity (Wildman–Crippen MR) is 46.2 cm³/mol. The lowest BCUT2D eigenvalue weighted by Crippen LogP contribution is -1.88. The highest BCUT2D eigenvalue weighted by Crippen LogP contribution is 2.24. The van der Waals surface area contributed by atoms with E-state index < -0.39 is 0 Å². The van der Waals surface area contributed by atoms with Crippen LogP contribution in [0, 0.1) is 5.82 Å². The minimum atomic E-state index is -0.333. The molecular formula is C8H6FNS. The number of nitrogen functional groups attached to an aromatic ring is 1. The zero-order valence-electron chi connectivity index (χ0n) is 5.67. The largest absolute Gasteiger partial charge is 0.396 e. The van der Waals surface area contributed by atoms with Gasteiger partial charge >= 0.3 is 0 Å². The van der Waals surface area contributed by atoms with Crippen molar-refractivity contribution in [3.63, 3.8) is 0 Å². The van der Waals surface area contributed by atoms with Crippen molar-refractivity contribution in [1.29, 1.82) is 0 Å². The molecule has 0 saturated heterocycles. The first-order valence-electron chi connectivity index (χ1n) is 3.19. The van der Waals surface area contributed by atoms with Crippen molar-refractivity contribution in [2.24, 2.45) is 0 Å². The summed E-state index contributed by atoms with van der Waals surface area (Å²) >= 11 is 1.51. The maximum atomic E-state index is 12.8. The summed E-state index contributed by atoms with van der Waals surface area (Å²) in [5.41, 5.74) is 5.59. The molecule has 56 valence electrons. The van der Waals surface area contributed by atoms with Gasteiger partial charge in [-0.2, -0.15) is 0 Å². The summed E-state index contributed by atoms with van der Waals surface area (Å²) in [7, 11) is 0. The highest BCUT2D eigenvalue weighted by Gasteiger charge is 2.00. The Balaban J connectivity index is 2.86. The number of fused-ring (bicyclic) bond motifs is 1. The maximum Gasteiger partial charge on any atom is 0.147 e. The van der Waals surface area contributed by atoms with Crippen LogP contribution < -0.4 is 5.73 Å². The van der Waals surface area contributed by atoms with Crippen LogP contribution in [0.25, 0.3) is 10.1 Å². The predicted octanol–water partition coefficient (Wildman–Crippen LogP) is 2.62. The lowest BCUT2D eigenvalue weighted by molar-refractivity contribution is 0.634. The van der Waals surface area contributed by atoms with Crippen LogP contribution in [-0.2, 0) is 0 Å². The van der Waals surface area contributed by atoms with Gasteiger partial charge in [0.15, 0.2) is 0 Å². The van der Waals surface area contributed by atoms with Gasteiger partial charge in [-0.05, 0) is 29.0 Å². The molecule has 11 heavy (non-hydrogen) atoms. The summed E-state index contributed by atoms with van der Waals surface area (Å²) in [6.45, 7) is 0. The van der Waals surface area contributed by atoms with E-state index >= 15 is 0 Å². The molecule has 2 aromatic rings. The summed E-state index contributed by atoms with van der Waals surface area (Å²) in [5, 5.41) is 2.93. The third kappa shape index (κ3) is 0.973. The lowest BCUT2D eigenvalue weighted by Gasteiger charge is -1.94. The Hall–Kier alpha value is -1.09. The molecule has 0 spiro atoms. The average Bonchev–Trinajstić information content (AvgIpc) is 2.36. The number of anilines is 1. The molecule has 0 fully saturated rings. The Morgan fingerprint density at radius 1 is 1.36 bits per heavy atom. The molecule has 0 aliphatic rings. The molecule has 0 aliphatic carbocycles. The van der Waals surface area contributed by atoms with Gasteiger partial charge in [-0.15, -0.1) is 11.3 Å². The van der Waals surface area contributed by atoms with Gasteiger partial charge in [0.25, 0.3) is 0 Å². The van der Waals surface area contributed by atoms with E-state index in [1.807, 2.05) is 11.4 Å². The molecule has 1 nitrogen and oxygen atoms in total. The van der Waals surface area contributed by atoms with E-state index in [1.165, 1.54) is 17.4 Å². The number of rotatable bonds is 0. The standard InChI is InChI=1S/C8H6FNS/c9-6-4-8-5(1-2-11-8)3-7(6)10/h1-4H,10H2. The van der Waals surface area contributed by atoms with Crippen LogP contribution in [0.5, 0.6) is 0 Å². The molecule has 1 aromatic heterocycles. The molecule has 0 amide bonds. The van der Waals surface area contributed by atoms with E-state index in [4.69, 9.17) is 5.73 Å². The zero-order valence-corrected chi connectivity index (χ0v) is 6.49. The first-order valence-corrected chi connectivity index (χ1v) is 4.07. The van der Waals surface area contributed by atoms with E-state index in [1.54, 1.807) is 6.07 Å². The molecule has 0 saturated carbocycles. The van der Waals surface area contributed by atoms with Crippen LogP contribution in [0.1, 0.15) is 0 Å². The number of thiophene rings is 1. The zero-order chi connectivity index (χ0) is 7.84. The second-order valence-electron chi connectivity index (χ2n) is 2.33. The maximum absolute atomic E-state index is 12.8. The van der Waals surface area contributed by atoms with Crippen LogP contribution in [0.4, 0.5) is 10.1 Å². The van der Waals surface area contributed by atoms with Crippen LogP contribution >= 0.6 is 11.3 Å². The highest BCUT2D eigenvalue weighted by molar-refractivity contribution is 7.17. The number of benzene rings is 1. The first kappa shape index (κ1) is 6.61. The van der Waals surface area contributed by atoms with E-state index in [9.17, 15) is 4.39 Å². The van der Waals surface area contributed by atoms with Crippen LogP contribution in [0.3, 0.4) is 0 Å². The normalized spacial score (nSPS) is 10.6. The fourth-order valence-corrected chi connectivity index (χ4v) is 1.80. The third-order valence-corrected chi connectivity index (χ3v) is 2.45. The van der Waals surface area contributed by atoms with Crippen molar-refractivity contribution < 1.29 is 4.39 Å². The van der Waals surface area contributed by atoms with Gasteiger partial charge in [0.05, 0.1) is 5.69 Å². The van der Waals surface area contributed by atoms with Crippen molar-refractivity contribution in [3.05, 3.63) is 29.4 Å². The van der Waals surface area contributed by atoms with Gasteiger partial charge in [-0.1, -0.05) is 0 Å². The molecule has 0 atom stereocenters. The van der Waals surface area contributed by atoms with Gasteiger partial charge in [0, 0.05) is 4.70 Å². The van der Waals surface area contributed by atoms with Crippen molar-refractivity contribution in [3.8, 4) is 0 Å². The molecule has 3 heteroatoms. The van der Waals surface area contributed by atoms with E-state index in [2.05, 4.69) is 0 Å². The van der Waals surface area contributed by atoms with Crippen LogP contribution in [-0.4, -0.2) is 0 Å².